The average Bonchev–Trinajstić information content (AvgIpc) is 2.32. The summed E-state index contributed by atoms with van der Waals surface area (Å²) in [5.74, 6) is -0.355. The molecule has 0 heterocycles. The summed E-state index contributed by atoms with van der Waals surface area (Å²) >= 11 is 5.64. The largest absolute Gasteiger partial charge is 2.00 e. The van der Waals surface area contributed by atoms with Gasteiger partial charge >= 0.3 is 23.1 Å². The van der Waals surface area contributed by atoms with Crippen LogP contribution >= 0.6 is 11.6 Å². The molecule has 0 bridgehead atoms. The van der Waals surface area contributed by atoms with Gasteiger partial charge in [0, 0.05) is 0 Å². The van der Waals surface area contributed by atoms with Crippen LogP contribution in [0.5, 0.6) is 5.75 Å². The molecule has 0 N–H and O–H groups in total. The van der Waals surface area contributed by atoms with Gasteiger partial charge in [-0.1, -0.05) is 17.7 Å². The number of ether oxygens (including phenoxy) is 1. The molecule has 0 radical (unpaired) electrons. The molecule has 2 aromatic rings. The molecule has 0 aliphatic carbocycles. The van der Waals surface area contributed by atoms with Crippen LogP contribution in [0, 0.1) is 11.9 Å². The van der Waals surface area contributed by atoms with Gasteiger partial charge in [0.2, 0.25) is 0 Å². The van der Waals surface area contributed by atoms with Crippen LogP contribution in [0.3, 0.4) is 0 Å². The Balaban J connectivity index is 0.00000144. The molecule has 0 aromatic heterocycles. The molecule has 0 fully saturated rings. The topological polar surface area (TPSA) is 9.23 Å². The number of benzene rings is 2. The first-order chi connectivity index (χ1) is 7.77. The number of halogens is 3. The monoisotopic (exact) mass is 338 g/mol. The maximum Gasteiger partial charge on any atom is 2.00 e. The minimum absolute atomic E-state index is 0. The molecular formula is C13H9BrClFMgO. The SMILES string of the molecule is Fc1c(Cl)cccc1OCc1cc[c-]cc1.[Br-].[Mg+2]. The van der Waals surface area contributed by atoms with Crippen molar-refractivity contribution >= 4 is 34.7 Å². The smallest absolute Gasteiger partial charge is 1.00 e. The van der Waals surface area contributed by atoms with Crippen molar-refractivity contribution in [3.63, 3.8) is 0 Å². The molecule has 0 atom stereocenters. The van der Waals surface area contributed by atoms with Crippen LogP contribution in [-0.4, -0.2) is 23.1 Å². The maximum atomic E-state index is 13.4. The van der Waals surface area contributed by atoms with E-state index in [1.807, 2.05) is 12.1 Å². The van der Waals surface area contributed by atoms with Gasteiger partial charge in [0.15, 0.2) is 11.6 Å². The molecule has 18 heavy (non-hydrogen) atoms. The summed E-state index contributed by atoms with van der Waals surface area (Å²) in [4.78, 5) is 0. The van der Waals surface area contributed by atoms with E-state index in [1.54, 1.807) is 24.3 Å². The standard InChI is InChI=1S/C13H9ClFO.BrH.Mg/c14-11-7-4-8-12(13(11)15)16-9-10-5-2-1-3-6-10;;/h2-8H,9H2;1H;/q-1;;+2/p-1. The zero-order chi connectivity index (χ0) is 11.4. The number of hydrogen-bond acceptors (Lipinski definition) is 1. The normalized spacial score (nSPS) is 9.00. The molecule has 2 rings (SSSR count). The second kappa shape index (κ2) is 8.75. The zero-order valence-electron chi connectivity index (χ0n) is 9.50. The Bertz CT molecular complexity index is 482. The second-order valence-electron chi connectivity index (χ2n) is 3.25. The third-order valence-electron chi connectivity index (χ3n) is 2.10. The van der Waals surface area contributed by atoms with Gasteiger partial charge in [-0.15, -0.1) is 5.56 Å². The van der Waals surface area contributed by atoms with Crippen LogP contribution < -0.4 is 21.7 Å². The van der Waals surface area contributed by atoms with Gasteiger partial charge < -0.3 is 21.7 Å². The van der Waals surface area contributed by atoms with E-state index in [9.17, 15) is 4.39 Å². The first kappa shape index (κ1) is 17.7. The Morgan fingerprint density at radius 1 is 1.17 bits per heavy atom. The van der Waals surface area contributed by atoms with Gasteiger partial charge in [-0.3, -0.25) is 0 Å². The minimum Gasteiger partial charge on any atom is -1.00 e. The molecule has 0 unspecified atom stereocenters. The third-order valence-corrected chi connectivity index (χ3v) is 2.39. The molecular weight excluding hydrogens is 331 g/mol. The average molecular weight is 340 g/mol. The Labute approximate surface area is 137 Å². The van der Waals surface area contributed by atoms with Gasteiger partial charge in [-0.25, -0.2) is 4.39 Å². The molecule has 0 amide bonds. The first-order valence-electron chi connectivity index (χ1n) is 4.79. The quantitative estimate of drug-likeness (QED) is 0.584. The fourth-order valence-corrected chi connectivity index (χ4v) is 1.44. The number of rotatable bonds is 3. The van der Waals surface area contributed by atoms with E-state index in [0.717, 1.165) is 5.56 Å². The van der Waals surface area contributed by atoms with Crippen LogP contribution in [0.1, 0.15) is 5.56 Å². The van der Waals surface area contributed by atoms with Gasteiger partial charge in [0.25, 0.3) is 0 Å². The zero-order valence-corrected chi connectivity index (χ0v) is 13.3. The molecule has 0 saturated carbocycles. The molecule has 0 aliphatic rings. The Hall–Kier alpha value is -0.294. The molecule has 0 spiro atoms. The van der Waals surface area contributed by atoms with Crippen molar-refractivity contribution in [2.45, 2.75) is 6.61 Å². The van der Waals surface area contributed by atoms with Crippen molar-refractivity contribution < 1.29 is 26.1 Å². The van der Waals surface area contributed by atoms with E-state index in [2.05, 4.69) is 6.07 Å². The Morgan fingerprint density at radius 3 is 2.50 bits per heavy atom. The van der Waals surface area contributed by atoms with E-state index in [-0.39, 0.29) is 50.8 Å². The predicted molar refractivity (Wildman–Crippen MR) is 66.8 cm³/mol. The molecule has 2 aromatic carbocycles. The van der Waals surface area contributed by atoms with Gasteiger partial charge in [0.1, 0.15) is 0 Å². The van der Waals surface area contributed by atoms with Crippen molar-refractivity contribution in [2.24, 2.45) is 0 Å². The summed E-state index contributed by atoms with van der Waals surface area (Å²) in [5.41, 5.74) is 0.957. The fraction of sp³-hybridized carbons (Fsp3) is 0.0769. The molecule has 90 valence electrons. The summed E-state index contributed by atoms with van der Waals surface area (Å²) in [6.07, 6.45) is 0. The van der Waals surface area contributed by atoms with Crippen LogP contribution in [0.25, 0.3) is 0 Å². The van der Waals surface area contributed by atoms with Crippen molar-refractivity contribution in [3.05, 3.63) is 64.9 Å². The second-order valence-corrected chi connectivity index (χ2v) is 3.66. The minimum atomic E-state index is -0.522. The van der Waals surface area contributed by atoms with Gasteiger partial charge in [-0.2, -0.15) is 30.3 Å². The van der Waals surface area contributed by atoms with Crippen molar-refractivity contribution in [2.75, 3.05) is 0 Å². The summed E-state index contributed by atoms with van der Waals surface area (Å²) in [6.45, 7) is 0.311. The number of hydrogen-bond donors (Lipinski definition) is 0. The third kappa shape index (κ3) is 4.76. The van der Waals surface area contributed by atoms with Crippen LogP contribution in [0.4, 0.5) is 4.39 Å². The van der Waals surface area contributed by atoms with Crippen molar-refractivity contribution in [1.82, 2.24) is 0 Å². The van der Waals surface area contributed by atoms with Crippen LogP contribution in [0.2, 0.25) is 5.02 Å². The van der Waals surface area contributed by atoms with Crippen LogP contribution in [0.15, 0.2) is 42.5 Å². The summed E-state index contributed by atoms with van der Waals surface area (Å²) in [7, 11) is 0. The van der Waals surface area contributed by atoms with E-state index in [4.69, 9.17) is 16.3 Å². The summed E-state index contributed by atoms with van der Waals surface area (Å²) in [5, 5.41) is 0.0684. The summed E-state index contributed by atoms with van der Waals surface area (Å²) in [6, 6.07) is 14.9. The van der Waals surface area contributed by atoms with Gasteiger partial charge in [-0.05, 0) is 12.1 Å². The Kier molecular flexibility index (Phi) is 8.60. The molecule has 0 aliphatic heterocycles. The van der Waals surface area contributed by atoms with Crippen molar-refractivity contribution in [1.29, 1.82) is 0 Å². The van der Waals surface area contributed by atoms with E-state index in [1.165, 1.54) is 6.07 Å². The van der Waals surface area contributed by atoms with Crippen molar-refractivity contribution in [3.8, 4) is 5.75 Å². The van der Waals surface area contributed by atoms with E-state index in [0.29, 0.717) is 6.61 Å². The first-order valence-corrected chi connectivity index (χ1v) is 5.17. The fourth-order valence-electron chi connectivity index (χ4n) is 1.27. The van der Waals surface area contributed by atoms with Crippen LogP contribution in [-0.2, 0) is 6.61 Å². The van der Waals surface area contributed by atoms with E-state index < -0.39 is 5.82 Å². The molecule has 0 saturated heterocycles. The summed E-state index contributed by atoms with van der Waals surface area (Å²) < 4.78 is 18.8. The van der Waals surface area contributed by atoms with E-state index >= 15 is 0 Å². The van der Waals surface area contributed by atoms with Gasteiger partial charge in [0.05, 0.1) is 11.6 Å². The molecule has 5 heteroatoms. The maximum absolute atomic E-state index is 13.4. The molecule has 1 nitrogen and oxygen atoms in total. The predicted octanol–water partition coefficient (Wildman–Crippen LogP) is 0.481. The Morgan fingerprint density at radius 2 is 1.83 bits per heavy atom.